The molecule has 0 bridgehead atoms. The Labute approximate surface area is 154 Å². The van der Waals surface area contributed by atoms with E-state index in [-0.39, 0.29) is 23.7 Å². The minimum absolute atomic E-state index is 0.00475. The molecule has 0 unspecified atom stereocenters. The number of hydrogen-bond acceptors (Lipinski definition) is 3. The molecule has 2 aromatic carbocycles. The summed E-state index contributed by atoms with van der Waals surface area (Å²) in [7, 11) is 1.37. The largest absolute Gasteiger partial charge is 0.465 e. The van der Waals surface area contributed by atoms with Gasteiger partial charge in [-0.15, -0.1) is 0 Å². The molecule has 0 radical (unpaired) electrons. The first kappa shape index (κ1) is 16.3. The summed E-state index contributed by atoms with van der Waals surface area (Å²) in [5.41, 5.74) is 3.11. The molecule has 0 aromatic heterocycles. The van der Waals surface area contributed by atoms with E-state index >= 15 is 0 Å². The van der Waals surface area contributed by atoms with E-state index < -0.39 is 0 Å². The van der Waals surface area contributed by atoms with Crippen LogP contribution in [0.15, 0.2) is 53.0 Å². The molecule has 0 fully saturated rings. The second-order valence-electron chi connectivity index (χ2n) is 6.44. The number of anilines is 1. The predicted molar refractivity (Wildman–Crippen MR) is 98.2 cm³/mol. The number of rotatable bonds is 2. The third-order valence-electron chi connectivity index (χ3n) is 5.08. The molecule has 0 amide bonds. The Morgan fingerprint density at radius 2 is 2.04 bits per heavy atom. The van der Waals surface area contributed by atoms with Crippen molar-refractivity contribution >= 4 is 27.6 Å². The number of nitrogens with one attached hydrogen (secondary N) is 1. The topological polar surface area (TPSA) is 38.3 Å². The second-order valence-corrected chi connectivity index (χ2v) is 7.36. The van der Waals surface area contributed by atoms with Crippen molar-refractivity contribution in [3.63, 3.8) is 0 Å². The van der Waals surface area contributed by atoms with Crippen molar-refractivity contribution in [3.05, 3.63) is 75.5 Å². The molecule has 128 valence electrons. The van der Waals surface area contributed by atoms with Crippen LogP contribution in [-0.2, 0) is 4.74 Å². The zero-order valence-electron chi connectivity index (χ0n) is 13.6. The molecule has 1 aliphatic carbocycles. The van der Waals surface area contributed by atoms with Crippen LogP contribution in [0.5, 0.6) is 0 Å². The van der Waals surface area contributed by atoms with E-state index in [9.17, 15) is 9.18 Å². The molecule has 1 N–H and O–H groups in total. The van der Waals surface area contributed by atoms with E-state index in [0.717, 1.165) is 22.0 Å². The molecule has 3 atom stereocenters. The van der Waals surface area contributed by atoms with Gasteiger partial charge in [0.25, 0.3) is 0 Å². The normalized spacial score (nSPS) is 23.6. The monoisotopic (exact) mass is 401 g/mol. The summed E-state index contributed by atoms with van der Waals surface area (Å²) < 4.78 is 20.0. The van der Waals surface area contributed by atoms with Crippen molar-refractivity contribution in [2.75, 3.05) is 12.4 Å². The quantitative estimate of drug-likeness (QED) is 0.554. The van der Waals surface area contributed by atoms with Gasteiger partial charge in [0.05, 0.1) is 24.4 Å². The molecular formula is C20H17BrFNO2. The third-order valence-corrected chi connectivity index (χ3v) is 5.53. The van der Waals surface area contributed by atoms with Crippen LogP contribution in [0.4, 0.5) is 10.1 Å². The van der Waals surface area contributed by atoms with Gasteiger partial charge in [-0.2, -0.15) is 0 Å². The van der Waals surface area contributed by atoms with E-state index in [2.05, 4.69) is 33.4 Å². The van der Waals surface area contributed by atoms with Crippen LogP contribution < -0.4 is 5.32 Å². The Bertz CT molecular complexity index is 863. The fourth-order valence-corrected chi connectivity index (χ4v) is 4.34. The van der Waals surface area contributed by atoms with Gasteiger partial charge >= 0.3 is 5.97 Å². The number of ether oxygens (including phenoxy) is 1. The molecule has 2 aromatic rings. The van der Waals surface area contributed by atoms with Crippen molar-refractivity contribution in [2.24, 2.45) is 5.92 Å². The second kappa shape index (κ2) is 6.30. The Morgan fingerprint density at radius 3 is 2.76 bits per heavy atom. The average Bonchev–Trinajstić information content (AvgIpc) is 3.11. The van der Waals surface area contributed by atoms with Crippen molar-refractivity contribution in [1.29, 1.82) is 0 Å². The van der Waals surface area contributed by atoms with Crippen LogP contribution in [0, 0.1) is 11.7 Å². The average molecular weight is 402 g/mol. The molecule has 3 nitrogen and oxygen atoms in total. The van der Waals surface area contributed by atoms with Gasteiger partial charge in [0.15, 0.2) is 0 Å². The number of methoxy groups -OCH3 is 1. The maximum absolute atomic E-state index is 14.5. The van der Waals surface area contributed by atoms with Crippen molar-refractivity contribution in [1.82, 2.24) is 0 Å². The van der Waals surface area contributed by atoms with Gasteiger partial charge in [-0.1, -0.05) is 40.2 Å². The number of allylic oxidation sites excluding steroid dienone is 2. The van der Waals surface area contributed by atoms with E-state index in [1.807, 2.05) is 18.2 Å². The molecular weight excluding hydrogens is 385 g/mol. The van der Waals surface area contributed by atoms with Gasteiger partial charge in [-0.25, -0.2) is 9.18 Å². The van der Waals surface area contributed by atoms with Crippen LogP contribution >= 0.6 is 15.9 Å². The van der Waals surface area contributed by atoms with Gasteiger partial charge in [0, 0.05) is 10.4 Å². The summed E-state index contributed by atoms with van der Waals surface area (Å²) in [6.45, 7) is 0. The smallest absolute Gasteiger partial charge is 0.337 e. The highest BCUT2D eigenvalue weighted by Gasteiger charge is 2.39. The van der Waals surface area contributed by atoms with Crippen LogP contribution in [0.3, 0.4) is 0 Å². The van der Waals surface area contributed by atoms with Gasteiger partial charge < -0.3 is 10.1 Å². The highest BCUT2D eigenvalue weighted by Crippen LogP contribution is 2.51. The van der Waals surface area contributed by atoms with Crippen molar-refractivity contribution < 1.29 is 13.9 Å². The van der Waals surface area contributed by atoms with Crippen LogP contribution in [0.25, 0.3) is 0 Å². The van der Waals surface area contributed by atoms with E-state index in [1.54, 1.807) is 12.1 Å². The maximum atomic E-state index is 14.5. The molecule has 1 heterocycles. The van der Waals surface area contributed by atoms with Crippen LogP contribution in [0.1, 0.15) is 39.9 Å². The Hall–Kier alpha value is -2.14. The Morgan fingerprint density at radius 1 is 1.28 bits per heavy atom. The van der Waals surface area contributed by atoms with Crippen molar-refractivity contribution in [3.8, 4) is 0 Å². The first-order valence-electron chi connectivity index (χ1n) is 8.19. The number of esters is 1. The maximum Gasteiger partial charge on any atom is 0.337 e. The Kier molecular flexibility index (Phi) is 4.12. The summed E-state index contributed by atoms with van der Waals surface area (Å²) in [5, 5.41) is 3.39. The summed E-state index contributed by atoms with van der Waals surface area (Å²) in [6.07, 6.45) is 5.28. The van der Waals surface area contributed by atoms with Gasteiger partial charge in [-0.05, 0) is 47.7 Å². The minimum Gasteiger partial charge on any atom is -0.465 e. The van der Waals surface area contributed by atoms with E-state index in [0.29, 0.717) is 17.2 Å². The number of benzene rings is 2. The molecule has 0 saturated heterocycles. The van der Waals surface area contributed by atoms with Crippen molar-refractivity contribution in [2.45, 2.75) is 18.4 Å². The lowest BCUT2D eigenvalue weighted by Gasteiger charge is -2.37. The first-order valence-corrected chi connectivity index (χ1v) is 8.98. The molecule has 1 aliphatic heterocycles. The molecule has 2 aliphatic rings. The fraction of sp³-hybridized carbons (Fsp3) is 0.250. The van der Waals surface area contributed by atoms with Gasteiger partial charge in [0.2, 0.25) is 0 Å². The molecule has 0 saturated carbocycles. The highest BCUT2D eigenvalue weighted by atomic mass is 79.9. The van der Waals surface area contributed by atoms with Crippen LogP contribution in [-0.4, -0.2) is 13.1 Å². The Balaban J connectivity index is 1.73. The van der Waals surface area contributed by atoms with E-state index in [1.165, 1.54) is 13.2 Å². The molecule has 4 rings (SSSR count). The lowest BCUT2D eigenvalue weighted by atomic mass is 9.77. The summed E-state index contributed by atoms with van der Waals surface area (Å²) >= 11 is 3.39. The standard InChI is InChI=1S/C20H17BrFNO2/c1-25-20(24)12-7-5-11(6-8-12)18-15-4-2-3-14(15)16-9-13(21)10-17(22)19(16)23-18/h2-3,5-10,14-15,18,23H,4H2,1H3/t14-,15-,18-/m1/s1. The fourth-order valence-electron chi connectivity index (χ4n) is 3.90. The molecule has 0 spiro atoms. The zero-order valence-corrected chi connectivity index (χ0v) is 15.2. The molecule has 5 heteroatoms. The first-order chi connectivity index (χ1) is 12.1. The SMILES string of the molecule is COC(=O)c1ccc([C@H]2Nc3c(F)cc(Br)cc3[C@@H]3C=CC[C@@H]23)cc1. The number of hydrogen-bond donors (Lipinski definition) is 1. The number of carbonyl (C=O) groups excluding carboxylic acids is 1. The van der Waals surface area contributed by atoms with E-state index in [4.69, 9.17) is 4.74 Å². The van der Waals surface area contributed by atoms with Gasteiger partial charge in [-0.3, -0.25) is 0 Å². The van der Waals surface area contributed by atoms with Crippen LogP contribution in [0.2, 0.25) is 0 Å². The zero-order chi connectivity index (χ0) is 17.6. The summed E-state index contributed by atoms with van der Waals surface area (Å²) in [6, 6.07) is 10.8. The van der Waals surface area contributed by atoms with Gasteiger partial charge in [0.1, 0.15) is 5.82 Å². The minimum atomic E-state index is -0.357. The number of fused-ring (bicyclic) bond motifs is 3. The number of carbonyl (C=O) groups is 1. The lowest BCUT2D eigenvalue weighted by molar-refractivity contribution is 0.0600. The molecule has 25 heavy (non-hydrogen) atoms. The lowest BCUT2D eigenvalue weighted by Crippen LogP contribution is -2.29. The summed E-state index contributed by atoms with van der Waals surface area (Å²) in [5.74, 6) is -0.0946. The highest BCUT2D eigenvalue weighted by molar-refractivity contribution is 9.10. The third kappa shape index (κ3) is 2.76. The number of halogens is 2. The summed E-state index contributed by atoms with van der Waals surface area (Å²) in [4.78, 5) is 11.6. The predicted octanol–water partition coefficient (Wildman–Crippen LogP) is 5.20.